The Balaban J connectivity index is 2.89. The van der Waals surface area contributed by atoms with Crippen LogP contribution in [0.4, 0.5) is 0 Å². The summed E-state index contributed by atoms with van der Waals surface area (Å²) >= 11 is 15.3. The monoisotopic (exact) mass is 368 g/mol. The number of carbonyl (C=O) groups excluding carboxylic acids is 1. The average Bonchev–Trinajstić information content (AvgIpc) is 2.39. The van der Waals surface area contributed by atoms with Crippen LogP contribution in [-0.2, 0) is 9.53 Å². The van der Waals surface area contributed by atoms with Crippen LogP contribution < -0.4 is 4.74 Å². The van der Waals surface area contributed by atoms with E-state index >= 15 is 0 Å². The van der Waals surface area contributed by atoms with Crippen LogP contribution in [-0.4, -0.2) is 19.2 Å². The van der Waals surface area contributed by atoms with Crippen LogP contribution in [0.3, 0.4) is 0 Å². The summed E-state index contributed by atoms with van der Waals surface area (Å²) in [6.45, 7) is 2.04. The zero-order chi connectivity index (χ0) is 14.4. The molecule has 106 valence electrons. The summed E-state index contributed by atoms with van der Waals surface area (Å²) in [4.78, 5) is 11.7. The van der Waals surface area contributed by atoms with E-state index in [2.05, 4.69) is 15.9 Å². The molecule has 3 nitrogen and oxygen atoms in total. The van der Waals surface area contributed by atoms with E-state index < -0.39 is 12.1 Å². The van der Waals surface area contributed by atoms with Crippen LogP contribution in [0.5, 0.6) is 5.75 Å². The molecule has 1 aromatic carbocycles. The Morgan fingerprint density at radius 3 is 2.63 bits per heavy atom. The second kappa shape index (κ2) is 7.98. The second-order valence-corrected chi connectivity index (χ2v) is 5.64. The molecule has 0 aliphatic rings. The summed E-state index contributed by atoms with van der Waals surface area (Å²) in [6.07, 6.45) is 1.74. The predicted molar refractivity (Wildman–Crippen MR) is 80.1 cm³/mol. The van der Waals surface area contributed by atoms with Gasteiger partial charge in [-0.2, -0.15) is 0 Å². The third-order valence-electron chi connectivity index (χ3n) is 2.53. The highest BCUT2D eigenvalue weighted by atomic mass is 79.9. The normalized spacial score (nSPS) is 12.1. The number of halogens is 3. The molecule has 1 rings (SSSR count). The highest BCUT2D eigenvalue weighted by molar-refractivity contribution is 9.10. The number of carbonyl (C=O) groups is 1. The molecule has 6 heteroatoms. The average molecular weight is 370 g/mol. The topological polar surface area (TPSA) is 35.5 Å². The number of ether oxygens (including phenoxy) is 2. The molecule has 0 aromatic heterocycles. The van der Waals surface area contributed by atoms with Gasteiger partial charge in [-0.05, 0) is 34.8 Å². The Bertz CT molecular complexity index is 452. The summed E-state index contributed by atoms with van der Waals surface area (Å²) in [7, 11) is 1.33. The third kappa shape index (κ3) is 4.86. The molecule has 1 aromatic rings. The molecule has 0 aliphatic heterocycles. The fraction of sp³-hybridized carbons (Fsp3) is 0.462. The molecular weight excluding hydrogens is 355 g/mol. The van der Waals surface area contributed by atoms with E-state index in [0.717, 1.165) is 12.8 Å². The molecule has 0 radical (unpaired) electrons. The Morgan fingerprint density at radius 1 is 1.37 bits per heavy atom. The SMILES string of the molecule is CCCCC(Oc1cc(Cl)c(Br)cc1Cl)C(=O)OC. The first-order valence-corrected chi connectivity index (χ1v) is 7.43. The van der Waals surface area contributed by atoms with Gasteiger partial charge in [0.05, 0.1) is 17.2 Å². The van der Waals surface area contributed by atoms with E-state index in [1.54, 1.807) is 12.1 Å². The van der Waals surface area contributed by atoms with Gasteiger partial charge >= 0.3 is 5.97 Å². The number of unbranched alkanes of at least 4 members (excludes halogenated alkanes) is 1. The molecule has 0 amide bonds. The molecule has 19 heavy (non-hydrogen) atoms. The van der Waals surface area contributed by atoms with E-state index in [-0.39, 0.29) is 0 Å². The lowest BCUT2D eigenvalue weighted by Gasteiger charge is -2.18. The van der Waals surface area contributed by atoms with Crippen LogP contribution >= 0.6 is 39.1 Å². The summed E-state index contributed by atoms with van der Waals surface area (Å²) in [6, 6.07) is 3.21. The highest BCUT2D eigenvalue weighted by Crippen LogP contribution is 2.35. The number of benzene rings is 1. The summed E-state index contributed by atoms with van der Waals surface area (Å²) in [5, 5.41) is 0.861. The van der Waals surface area contributed by atoms with Gasteiger partial charge in [-0.3, -0.25) is 0 Å². The minimum atomic E-state index is -0.667. The fourth-order valence-electron chi connectivity index (χ4n) is 1.49. The van der Waals surface area contributed by atoms with Gasteiger partial charge in [-0.1, -0.05) is 36.5 Å². The standard InChI is InChI=1S/C13H15BrCl2O3/c1-3-4-5-11(13(17)18-2)19-12-7-9(15)8(14)6-10(12)16/h6-7,11H,3-5H2,1-2H3. The van der Waals surface area contributed by atoms with Gasteiger partial charge in [0.1, 0.15) is 5.75 Å². The second-order valence-electron chi connectivity index (χ2n) is 3.97. The summed E-state index contributed by atoms with van der Waals surface area (Å²) < 4.78 is 11.0. The van der Waals surface area contributed by atoms with Crippen molar-refractivity contribution in [2.24, 2.45) is 0 Å². The molecular formula is C13H15BrCl2O3. The van der Waals surface area contributed by atoms with Crippen LogP contribution in [0, 0.1) is 0 Å². The van der Waals surface area contributed by atoms with Crippen LogP contribution in [0.1, 0.15) is 26.2 Å². The van der Waals surface area contributed by atoms with E-state index in [1.165, 1.54) is 7.11 Å². The molecule has 0 heterocycles. The lowest BCUT2D eigenvalue weighted by atomic mass is 10.1. The lowest BCUT2D eigenvalue weighted by molar-refractivity contribution is -0.149. The highest BCUT2D eigenvalue weighted by Gasteiger charge is 2.22. The maximum Gasteiger partial charge on any atom is 0.347 e. The molecule has 0 fully saturated rings. The first-order chi connectivity index (χ1) is 8.99. The van der Waals surface area contributed by atoms with Gasteiger partial charge in [0.25, 0.3) is 0 Å². The van der Waals surface area contributed by atoms with E-state index in [0.29, 0.717) is 26.7 Å². The van der Waals surface area contributed by atoms with Gasteiger partial charge in [-0.25, -0.2) is 4.79 Å². The minimum Gasteiger partial charge on any atom is -0.477 e. The van der Waals surface area contributed by atoms with Crippen molar-refractivity contribution < 1.29 is 14.3 Å². The largest absolute Gasteiger partial charge is 0.477 e. The van der Waals surface area contributed by atoms with Gasteiger partial charge in [0.2, 0.25) is 0 Å². The van der Waals surface area contributed by atoms with Crippen LogP contribution in [0.25, 0.3) is 0 Å². The lowest BCUT2D eigenvalue weighted by Crippen LogP contribution is -2.28. The predicted octanol–water partition coefficient (Wildman–Crippen LogP) is 4.87. The molecule has 0 N–H and O–H groups in total. The number of rotatable bonds is 6. The molecule has 0 saturated heterocycles. The molecule has 0 spiro atoms. The third-order valence-corrected chi connectivity index (χ3v) is 4.02. The van der Waals surface area contributed by atoms with Crippen molar-refractivity contribution in [1.29, 1.82) is 0 Å². The van der Waals surface area contributed by atoms with Crippen molar-refractivity contribution >= 4 is 45.1 Å². The quantitative estimate of drug-likeness (QED) is 0.530. The smallest absolute Gasteiger partial charge is 0.347 e. The first kappa shape index (κ1) is 16.6. The van der Waals surface area contributed by atoms with Gasteiger partial charge in [-0.15, -0.1) is 0 Å². The van der Waals surface area contributed by atoms with Crippen LogP contribution in [0.15, 0.2) is 16.6 Å². The van der Waals surface area contributed by atoms with Crippen molar-refractivity contribution in [1.82, 2.24) is 0 Å². The minimum absolute atomic E-state index is 0.376. The van der Waals surface area contributed by atoms with Crippen molar-refractivity contribution in [3.8, 4) is 5.75 Å². The van der Waals surface area contributed by atoms with Gasteiger partial charge in [0.15, 0.2) is 6.10 Å². The Labute approximate surface area is 131 Å². The first-order valence-electron chi connectivity index (χ1n) is 5.88. The molecule has 0 aliphatic carbocycles. The Morgan fingerprint density at radius 2 is 2.05 bits per heavy atom. The number of esters is 1. The van der Waals surface area contributed by atoms with E-state index in [9.17, 15) is 4.79 Å². The molecule has 1 atom stereocenters. The van der Waals surface area contributed by atoms with Gasteiger partial charge in [0, 0.05) is 10.5 Å². The maximum absolute atomic E-state index is 11.7. The molecule has 0 bridgehead atoms. The van der Waals surface area contributed by atoms with Crippen molar-refractivity contribution in [2.75, 3.05) is 7.11 Å². The Kier molecular flexibility index (Phi) is 6.97. The number of methoxy groups -OCH3 is 1. The van der Waals surface area contributed by atoms with Crippen molar-refractivity contribution in [3.63, 3.8) is 0 Å². The summed E-state index contributed by atoms with van der Waals surface area (Å²) in [5.41, 5.74) is 0. The zero-order valence-electron chi connectivity index (χ0n) is 10.7. The number of hydrogen-bond acceptors (Lipinski definition) is 3. The van der Waals surface area contributed by atoms with Crippen molar-refractivity contribution in [2.45, 2.75) is 32.3 Å². The van der Waals surface area contributed by atoms with Crippen molar-refractivity contribution in [3.05, 3.63) is 26.7 Å². The fourth-order valence-corrected chi connectivity index (χ4v) is 2.33. The van der Waals surface area contributed by atoms with Crippen LogP contribution in [0.2, 0.25) is 10.0 Å². The molecule has 0 saturated carbocycles. The Hall–Kier alpha value is -0.450. The number of hydrogen-bond donors (Lipinski definition) is 0. The molecule has 1 unspecified atom stereocenters. The van der Waals surface area contributed by atoms with E-state index in [1.807, 2.05) is 6.92 Å². The zero-order valence-corrected chi connectivity index (χ0v) is 13.8. The summed E-state index contributed by atoms with van der Waals surface area (Å²) in [5.74, 6) is -0.0371. The van der Waals surface area contributed by atoms with E-state index in [4.69, 9.17) is 32.7 Å². The maximum atomic E-state index is 11.7. The van der Waals surface area contributed by atoms with Gasteiger partial charge < -0.3 is 9.47 Å².